The van der Waals surface area contributed by atoms with Crippen molar-refractivity contribution in [2.75, 3.05) is 6.54 Å². The summed E-state index contributed by atoms with van der Waals surface area (Å²) in [5, 5.41) is 7.00. The van der Waals surface area contributed by atoms with Crippen molar-refractivity contribution in [2.45, 2.75) is 64.8 Å². The molecule has 0 saturated heterocycles. The van der Waals surface area contributed by atoms with E-state index < -0.39 is 0 Å². The molecule has 0 amide bonds. The van der Waals surface area contributed by atoms with Gasteiger partial charge in [0, 0.05) is 24.0 Å². The second-order valence-corrected chi connectivity index (χ2v) is 5.61. The highest BCUT2D eigenvalue weighted by Gasteiger charge is 2.09. The smallest absolute Gasteiger partial charge is 0.0940 e. The molecule has 2 nitrogen and oxygen atoms in total. The van der Waals surface area contributed by atoms with Crippen LogP contribution in [0.2, 0.25) is 0 Å². The van der Waals surface area contributed by atoms with Crippen LogP contribution in [-0.2, 0) is 6.42 Å². The van der Waals surface area contributed by atoms with E-state index in [0.29, 0.717) is 6.04 Å². The van der Waals surface area contributed by atoms with Crippen LogP contribution < -0.4 is 5.32 Å². The maximum atomic E-state index is 4.39. The molecule has 0 radical (unpaired) electrons. The minimum absolute atomic E-state index is 0.623. The minimum Gasteiger partial charge on any atom is -0.314 e. The van der Waals surface area contributed by atoms with Crippen LogP contribution in [0.4, 0.5) is 0 Å². The first-order chi connectivity index (χ1) is 8.36. The molecular formula is C14H26N2S. The van der Waals surface area contributed by atoms with Crippen molar-refractivity contribution in [3.8, 4) is 0 Å². The average Bonchev–Trinajstić information content (AvgIpc) is 2.84. The summed E-state index contributed by atoms with van der Waals surface area (Å²) < 4.78 is 0. The van der Waals surface area contributed by atoms with Crippen molar-refractivity contribution in [3.63, 3.8) is 0 Å². The molecule has 0 aliphatic rings. The fourth-order valence-electron chi connectivity index (χ4n) is 2.01. The van der Waals surface area contributed by atoms with Gasteiger partial charge in [-0.05, 0) is 19.4 Å². The number of nitrogens with zero attached hydrogens (tertiary/aromatic N) is 1. The zero-order chi connectivity index (χ0) is 12.3. The molecular weight excluding hydrogens is 228 g/mol. The van der Waals surface area contributed by atoms with Gasteiger partial charge in [-0.15, -0.1) is 11.3 Å². The lowest BCUT2D eigenvalue weighted by molar-refractivity contribution is 0.452. The SMILES string of the molecule is CCCCCCC(Cc1nccs1)NCCC. The number of rotatable bonds is 10. The highest BCUT2D eigenvalue weighted by Crippen LogP contribution is 2.12. The monoisotopic (exact) mass is 254 g/mol. The van der Waals surface area contributed by atoms with E-state index in [4.69, 9.17) is 0 Å². The molecule has 3 heteroatoms. The fourth-order valence-corrected chi connectivity index (χ4v) is 2.70. The van der Waals surface area contributed by atoms with E-state index in [9.17, 15) is 0 Å². The van der Waals surface area contributed by atoms with Crippen molar-refractivity contribution in [2.24, 2.45) is 0 Å². The Hall–Kier alpha value is -0.410. The number of hydrogen-bond acceptors (Lipinski definition) is 3. The second kappa shape index (κ2) is 9.60. The Bertz CT molecular complexity index is 259. The van der Waals surface area contributed by atoms with Crippen LogP contribution in [0.5, 0.6) is 0 Å². The molecule has 0 aliphatic heterocycles. The standard InChI is InChI=1S/C14H26N2S/c1-3-5-6-7-8-13(15-9-4-2)12-14-16-10-11-17-14/h10-11,13,15H,3-9,12H2,1-2H3. The minimum atomic E-state index is 0.623. The van der Waals surface area contributed by atoms with Crippen LogP contribution in [0.1, 0.15) is 57.4 Å². The Kier molecular flexibility index (Phi) is 8.28. The van der Waals surface area contributed by atoms with E-state index >= 15 is 0 Å². The van der Waals surface area contributed by atoms with Gasteiger partial charge >= 0.3 is 0 Å². The van der Waals surface area contributed by atoms with E-state index in [1.165, 1.54) is 43.5 Å². The highest BCUT2D eigenvalue weighted by molar-refractivity contribution is 7.09. The van der Waals surface area contributed by atoms with Crippen LogP contribution >= 0.6 is 11.3 Å². The number of thiazole rings is 1. The zero-order valence-corrected chi connectivity index (χ0v) is 12.1. The highest BCUT2D eigenvalue weighted by atomic mass is 32.1. The normalized spacial score (nSPS) is 12.8. The third-order valence-corrected chi connectivity index (χ3v) is 3.80. The molecule has 0 spiro atoms. The van der Waals surface area contributed by atoms with Crippen molar-refractivity contribution < 1.29 is 0 Å². The Morgan fingerprint density at radius 3 is 2.76 bits per heavy atom. The maximum Gasteiger partial charge on any atom is 0.0940 e. The van der Waals surface area contributed by atoms with E-state index in [1.807, 2.05) is 6.20 Å². The molecule has 1 aromatic heterocycles. The van der Waals surface area contributed by atoms with E-state index in [1.54, 1.807) is 11.3 Å². The molecule has 1 unspecified atom stereocenters. The molecule has 0 bridgehead atoms. The van der Waals surface area contributed by atoms with Gasteiger partial charge in [0.05, 0.1) is 5.01 Å². The molecule has 0 aliphatic carbocycles. The van der Waals surface area contributed by atoms with Crippen molar-refractivity contribution in [3.05, 3.63) is 16.6 Å². The van der Waals surface area contributed by atoms with Crippen LogP contribution in [0, 0.1) is 0 Å². The van der Waals surface area contributed by atoms with Gasteiger partial charge in [0.25, 0.3) is 0 Å². The van der Waals surface area contributed by atoms with Gasteiger partial charge in [0.15, 0.2) is 0 Å². The summed E-state index contributed by atoms with van der Waals surface area (Å²) in [5.74, 6) is 0. The largest absolute Gasteiger partial charge is 0.314 e. The lowest BCUT2D eigenvalue weighted by Gasteiger charge is -2.17. The molecule has 0 fully saturated rings. The fraction of sp³-hybridized carbons (Fsp3) is 0.786. The number of nitrogens with one attached hydrogen (secondary N) is 1. The Morgan fingerprint density at radius 2 is 2.12 bits per heavy atom. The van der Waals surface area contributed by atoms with E-state index in [0.717, 1.165) is 13.0 Å². The predicted molar refractivity (Wildman–Crippen MR) is 76.7 cm³/mol. The third kappa shape index (κ3) is 6.79. The summed E-state index contributed by atoms with van der Waals surface area (Å²) >= 11 is 1.78. The Labute approximate surface area is 110 Å². The zero-order valence-electron chi connectivity index (χ0n) is 11.2. The first-order valence-electron chi connectivity index (χ1n) is 6.98. The summed E-state index contributed by atoms with van der Waals surface area (Å²) in [6, 6.07) is 0.623. The molecule has 98 valence electrons. The van der Waals surface area contributed by atoms with E-state index in [2.05, 4.69) is 29.5 Å². The summed E-state index contributed by atoms with van der Waals surface area (Å²) in [4.78, 5) is 4.39. The van der Waals surface area contributed by atoms with Crippen molar-refractivity contribution in [1.82, 2.24) is 10.3 Å². The molecule has 1 N–H and O–H groups in total. The quantitative estimate of drug-likeness (QED) is 0.638. The van der Waals surface area contributed by atoms with Crippen molar-refractivity contribution >= 4 is 11.3 Å². The van der Waals surface area contributed by atoms with Gasteiger partial charge in [-0.25, -0.2) is 4.98 Å². The number of unbranched alkanes of at least 4 members (excludes halogenated alkanes) is 3. The lowest BCUT2D eigenvalue weighted by atomic mass is 10.0. The predicted octanol–water partition coefficient (Wildman–Crippen LogP) is 4.02. The molecule has 1 aromatic rings. The first kappa shape index (κ1) is 14.7. The topological polar surface area (TPSA) is 24.9 Å². The Morgan fingerprint density at radius 1 is 1.24 bits per heavy atom. The van der Waals surface area contributed by atoms with Gasteiger partial charge in [0.2, 0.25) is 0 Å². The first-order valence-corrected chi connectivity index (χ1v) is 7.86. The molecule has 1 heterocycles. The molecule has 0 saturated carbocycles. The third-order valence-electron chi connectivity index (χ3n) is 2.99. The summed E-state index contributed by atoms with van der Waals surface area (Å²) in [6.45, 7) is 5.62. The van der Waals surface area contributed by atoms with Gasteiger partial charge in [-0.3, -0.25) is 0 Å². The maximum absolute atomic E-state index is 4.39. The molecule has 1 rings (SSSR count). The molecule has 0 aromatic carbocycles. The number of hydrogen-bond donors (Lipinski definition) is 1. The van der Waals surface area contributed by atoms with E-state index in [-0.39, 0.29) is 0 Å². The van der Waals surface area contributed by atoms with Crippen molar-refractivity contribution in [1.29, 1.82) is 0 Å². The van der Waals surface area contributed by atoms with Crippen LogP contribution in [0.25, 0.3) is 0 Å². The number of aromatic nitrogens is 1. The van der Waals surface area contributed by atoms with Gasteiger partial charge in [0.1, 0.15) is 0 Å². The van der Waals surface area contributed by atoms with Gasteiger partial charge in [-0.1, -0.05) is 39.5 Å². The van der Waals surface area contributed by atoms with Gasteiger partial charge < -0.3 is 5.32 Å². The Balaban J connectivity index is 2.26. The van der Waals surface area contributed by atoms with Crippen LogP contribution in [-0.4, -0.2) is 17.6 Å². The second-order valence-electron chi connectivity index (χ2n) is 4.63. The summed E-state index contributed by atoms with van der Waals surface area (Å²) in [6.07, 6.45) is 10.9. The lowest BCUT2D eigenvalue weighted by Crippen LogP contribution is -2.31. The molecule has 17 heavy (non-hydrogen) atoms. The van der Waals surface area contributed by atoms with Gasteiger partial charge in [-0.2, -0.15) is 0 Å². The average molecular weight is 254 g/mol. The van der Waals surface area contributed by atoms with Crippen LogP contribution in [0.15, 0.2) is 11.6 Å². The summed E-state index contributed by atoms with van der Waals surface area (Å²) in [5.41, 5.74) is 0. The van der Waals surface area contributed by atoms with Crippen LogP contribution in [0.3, 0.4) is 0 Å². The summed E-state index contributed by atoms with van der Waals surface area (Å²) in [7, 11) is 0. The molecule has 1 atom stereocenters.